The van der Waals surface area contributed by atoms with Gasteiger partial charge >= 0.3 is 0 Å². The quantitative estimate of drug-likeness (QED) is 0.321. The fourth-order valence-electron chi connectivity index (χ4n) is 2.44. The smallest absolute Gasteiger partial charge is 0.271 e. The third-order valence-corrected chi connectivity index (χ3v) is 4.36. The van der Waals surface area contributed by atoms with Crippen molar-refractivity contribution in [1.82, 2.24) is 5.43 Å². The van der Waals surface area contributed by atoms with Crippen LogP contribution in [0.2, 0.25) is 0 Å². The molecule has 3 aromatic rings. The highest BCUT2D eigenvalue weighted by Gasteiger charge is 2.05. The largest absolute Gasteiger partial charge is 0.323 e. The second kappa shape index (κ2) is 10.1. The zero-order valence-corrected chi connectivity index (χ0v) is 17.0. The van der Waals surface area contributed by atoms with Gasteiger partial charge in [-0.3, -0.25) is 9.59 Å². The third kappa shape index (κ3) is 6.55. The fourth-order valence-corrected chi connectivity index (χ4v) is 2.86. The molecule has 0 atom stereocenters. The van der Waals surface area contributed by atoms with Crippen LogP contribution in [0.4, 0.5) is 5.69 Å². The zero-order valence-electron chi connectivity index (χ0n) is 15.4. The van der Waals surface area contributed by atoms with E-state index in [1.54, 1.807) is 36.6 Å². The molecule has 0 aromatic heterocycles. The Morgan fingerprint density at radius 1 is 0.862 bits per heavy atom. The standard InChI is InChI=1S/C23H18BrN3O2/c24-20-8-4-7-18(15-20)16-25-27-23(29)19-10-12-21(13-11-19)26-22(28)14-9-17-5-2-1-3-6-17/h1-16H,(H,26,28)(H,27,29)/b14-9+,25-16-. The molecule has 3 rings (SSSR count). The SMILES string of the molecule is O=C(/C=C/c1ccccc1)Nc1ccc(C(=O)N/N=C\c2cccc(Br)c2)cc1. The molecule has 6 heteroatoms. The van der Waals surface area contributed by atoms with E-state index in [4.69, 9.17) is 0 Å². The first-order valence-electron chi connectivity index (χ1n) is 8.83. The predicted molar refractivity (Wildman–Crippen MR) is 120 cm³/mol. The molecule has 0 fully saturated rings. The minimum absolute atomic E-state index is 0.246. The van der Waals surface area contributed by atoms with Crippen LogP contribution in [0.1, 0.15) is 21.5 Å². The van der Waals surface area contributed by atoms with Crippen LogP contribution in [0.25, 0.3) is 6.08 Å². The van der Waals surface area contributed by atoms with Crippen LogP contribution in [0.3, 0.4) is 0 Å². The van der Waals surface area contributed by atoms with Crippen molar-refractivity contribution in [2.45, 2.75) is 0 Å². The molecule has 2 amide bonds. The summed E-state index contributed by atoms with van der Waals surface area (Å²) >= 11 is 3.38. The van der Waals surface area contributed by atoms with Gasteiger partial charge in [0.15, 0.2) is 0 Å². The Kier molecular flexibility index (Phi) is 7.08. The number of nitrogens with one attached hydrogen (secondary N) is 2. The summed E-state index contributed by atoms with van der Waals surface area (Å²) in [4.78, 5) is 24.2. The van der Waals surface area contributed by atoms with Crippen molar-refractivity contribution in [3.05, 3.63) is 106 Å². The van der Waals surface area contributed by atoms with Gasteiger partial charge in [-0.15, -0.1) is 0 Å². The Labute approximate surface area is 177 Å². The number of carbonyl (C=O) groups excluding carboxylic acids is 2. The van der Waals surface area contributed by atoms with Crippen LogP contribution in [0, 0.1) is 0 Å². The second-order valence-corrected chi connectivity index (χ2v) is 6.98. The normalized spacial score (nSPS) is 10.9. The highest BCUT2D eigenvalue weighted by atomic mass is 79.9. The number of rotatable bonds is 6. The van der Waals surface area contributed by atoms with Gasteiger partial charge in [0.2, 0.25) is 5.91 Å². The lowest BCUT2D eigenvalue weighted by atomic mass is 10.2. The molecule has 0 aliphatic carbocycles. The average Bonchev–Trinajstić information content (AvgIpc) is 2.73. The van der Waals surface area contributed by atoms with Crippen LogP contribution in [0.5, 0.6) is 0 Å². The average molecular weight is 448 g/mol. The van der Waals surface area contributed by atoms with E-state index < -0.39 is 0 Å². The number of amides is 2. The van der Waals surface area contributed by atoms with E-state index in [0.29, 0.717) is 11.3 Å². The monoisotopic (exact) mass is 447 g/mol. The Hall–Kier alpha value is -3.51. The number of benzene rings is 3. The molecule has 3 aromatic carbocycles. The summed E-state index contributed by atoms with van der Waals surface area (Å²) in [5.74, 6) is -0.581. The minimum atomic E-state index is -0.335. The molecule has 0 bridgehead atoms. The molecule has 29 heavy (non-hydrogen) atoms. The maximum absolute atomic E-state index is 12.2. The molecule has 0 unspecified atom stereocenters. The van der Waals surface area contributed by atoms with E-state index in [2.05, 4.69) is 31.8 Å². The van der Waals surface area contributed by atoms with Gasteiger partial charge in [0.25, 0.3) is 5.91 Å². The molecule has 0 spiro atoms. The first-order valence-corrected chi connectivity index (χ1v) is 9.62. The molecule has 144 valence electrons. The van der Waals surface area contributed by atoms with Crippen LogP contribution < -0.4 is 10.7 Å². The van der Waals surface area contributed by atoms with Crippen molar-refractivity contribution in [3.63, 3.8) is 0 Å². The Bertz CT molecular complexity index is 1050. The van der Waals surface area contributed by atoms with E-state index in [1.165, 1.54) is 6.08 Å². The fraction of sp³-hybridized carbons (Fsp3) is 0. The van der Waals surface area contributed by atoms with E-state index >= 15 is 0 Å². The summed E-state index contributed by atoms with van der Waals surface area (Å²) < 4.78 is 0.934. The Balaban J connectivity index is 1.53. The predicted octanol–water partition coefficient (Wildman–Crippen LogP) is 4.86. The maximum atomic E-state index is 12.2. The summed E-state index contributed by atoms with van der Waals surface area (Å²) in [5.41, 5.74) is 5.33. The molecular weight excluding hydrogens is 430 g/mol. The molecule has 0 aliphatic rings. The first-order chi connectivity index (χ1) is 14.1. The second-order valence-electron chi connectivity index (χ2n) is 6.06. The van der Waals surface area contributed by atoms with Crippen LogP contribution >= 0.6 is 15.9 Å². The van der Waals surface area contributed by atoms with Gasteiger partial charge < -0.3 is 5.32 Å². The number of halogens is 1. The summed E-state index contributed by atoms with van der Waals surface area (Å²) in [5, 5.41) is 6.72. The van der Waals surface area contributed by atoms with Gasteiger partial charge in [0, 0.05) is 21.8 Å². The third-order valence-electron chi connectivity index (χ3n) is 3.87. The summed E-state index contributed by atoms with van der Waals surface area (Å²) in [6.07, 6.45) is 4.77. The van der Waals surface area contributed by atoms with Crippen molar-refractivity contribution in [1.29, 1.82) is 0 Å². The van der Waals surface area contributed by atoms with Crippen LogP contribution in [-0.4, -0.2) is 18.0 Å². The lowest BCUT2D eigenvalue weighted by Crippen LogP contribution is -2.17. The van der Waals surface area contributed by atoms with Crippen molar-refractivity contribution in [3.8, 4) is 0 Å². The number of hydrazone groups is 1. The lowest BCUT2D eigenvalue weighted by Gasteiger charge is -2.04. The van der Waals surface area contributed by atoms with Gasteiger partial charge in [-0.2, -0.15) is 5.10 Å². The van der Waals surface area contributed by atoms with E-state index in [-0.39, 0.29) is 11.8 Å². The minimum Gasteiger partial charge on any atom is -0.323 e. The van der Waals surface area contributed by atoms with Gasteiger partial charge in [0.1, 0.15) is 0 Å². The van der Waals surface area contributed by atoms with Crippen molar-refractivity contribution >= 4 is 45.7 Å². The molecule has 2 N–H and O–H groups in total. The van der Waals surface area contributed by atoms with Crippen molar-refractivity contribution < 1.29 is 9.59 Å². The first kappa shape index (κ1) is 20.2. The van der Waals surface area contributed by atoms with Gasteiger partial charge in [0.05, 0.1) is 6.21 Å². The number of carbonyl (C=O) groups is 2. The van der Waals surface area contributed by atoms with Gasteiger partial charge in [-0.05, 0) is 53.6 Å². The molecule has 5 nitrogen and oxygen atoms in total. The highest BCUT2D eigenvalue weighted by molar-refractivity contribution is 9.10. The number of anilines is 1. The van der Waals surface area contributed by atoms with Gasteiger partial charge in [-0.25, -0.2) is 5.43 Å². The molecule has 0 saturated carbocycles. The van der Waals surface area contributed by atoms with Crippen LogP contribution in [0.15, 0.2) is 94.5 Å². The van der Waals surface area contributed by atoms with Crippen molar-refractivity contribution in [2.75, 3.05) is 5.32 Å². The zero-order chi connectivity index (χ0) is 20.5. The Morgan fingerprint density at radius 3 is 2.31 bits per heavy atom. The van der Waals surface area contributed by atoms with E-state index in [9.17, 15) is 9.59 Å². The molecule has 0 heterocycles. The maximum Gasteiger partial charge on any atom is 0.271 e. The summed E-state index contributed by atoms with van der Waals surface area (Å²) in [7, 11) is 0. The lowest BCUT2D eigenvalue weighted by molar-refractivity contribution is -0.111. The van der Waals surface area contributed by atoms with Gasteiger partial charge in [-0.1, -0.05) is 58.4 Å². The summed E-state index contributed by atoms with van der Waals surface area (Å²) in [6, 6.07) is 23.7. The number of hydrogen-bond acceptors (Lipinski definition) is 3. The summed E-state index contributed by atoms with van der Waals surface area (Å²) in [6.45, 7) is 0. The molecule has 0 saturated heterocycles. The van der Waals surface area contributed by atoms with E-state index in [0.717, 1.165) is 15.6 Å². The van der Waals surface area contributed by atoms with Crippen molar-refractivity contribution in [2.24, 2.45) is 5.10 Å². The molecule has 0 aliphatic heterocycles. The van der Waals surface area contributed by atoms with Crippen LogP contribution in [-0.2, 0) is 4.79 Å². The Morgan fingerprint density at radius 2 is 1.59 bits per heavy atom. The highest BCUT2D eigenvalue weighted by Crippen LogP contribution is 2.11. The number of hydrogen-bond donors (Lipinski definition) is 2. The number of nitrogens with zero attached hydrogens (tertiary/aromatic N) is 1. The van der Waals surface area contributed by atoms with E-state index in [1.807, 2.05) is 54.6 Å². The molecule has 0 radical (unpaired) electrons. The topological polar surface area (TPSA) is 70.6 Å². The molecular formula is C23H18BrN3O2.